The van der Waals surface area contributed by atoms with E-state index in [1.807, 2.05) is 0 Å². The normalized spacial score (nSPS) is 12.9. The number of methoxy groups -OCH3 is 1. The minimum atomic E-state index is -3.59. The third-order valence-electron chi connectivity index (χ3n) is 2.74. The number of ether oxygens (including phenoxy) is 1. The summed E-state index contributed by atoms with van der Waals surface area (Å²) in [5.74, 6) is -0.529. The van der Waals surface area contributed by atoms with Crippen molar-refractivity contribution in [1.82, 2.24) is 4.72 Å². The van der Waals surface area contributed by atoms with E-state index in [1.54, 1.807) is 19.1 Å². The predicted molar refractivity (Wildman–Crippen MR) is 73.6 cm³/mol. The van der Waals surface area contributed by atoms with Gasteiger partial charge in [0.2, 0.25) is 10.0 Å². The molecule has 20 heavy (non-hydrogen) atoms. The highest BCUT2D eigenvalue weighted by Gasteiger charge is 2.15. The monoisotopic (exact) mass is 301 g/mol. The number of nitrogens with one attached hydrogen (secondary N) is 1. The highest BCUT2D eigenvalue weighted by atomic mass is 32.2. The van der Waals surface area contributed by atoms with Crippen molar-refractivity contribution in [3.8, 4) is 0 Å². The van der Waals surface area contributed by atoms with Crippen molar-refractivity contribution in [2.45, 2.75) is 18.2 Å². The van der Waals surface area contributed by atoms with Crippen LogP contribution in [-0.2, 0) is 26.0 Å². The fourth-order valence-electron chi connectivity index (χ4n) is 1.43. The first-order valence-electron chi connectivity index (χ1n) is 6.15. The molecular weight excluding hydrogens is 282 g/mol. The minimum absolute atomic E-state index is 0.0828. The number of aliphatic hydroxyl groups excluding tert-OH is 1. The van der Waals surface area contributed by atoms with Crippen LogP contribution in [0.15, 0.2) is 29.2 Å². The number of sulfonamides is 1. The van der Waals surface area contributed by atoms with E-state index in [4.69, 9.17) is 5.11 Å². The van der Waals surface area contributed by atoms with Gasteiger partial charge in [0, 0.05) is 13.2 Å². The van der Waals surface area contributed by atoms with Crippen molar-refractivity contribution in [3.63, 3.8) is 0 Å². The molecule has 0 saturated heterocycles. The molecule has 7 heteroatoms. The van der Waals surface area contributed by atoms with Crippen LogP contribution in [0.4, 0.5) is 0 Å². The summed E-state index contributed by atoms with van der Waals surface area (Å²) < 4.78 is 30.9. The van der Waals surface area contributed by atoms with Crippen molar-refractivity contribution in [3.05, 3.63) is 29.8 Å². The number of carbonyl (C=O) groups excluding carboxylic acids is 1. The van der Waals surface area contributed by atoms with Gasteiger partial charge in [-0.15, -0.1) is 0 Å². The molecule has 0 heterocycles. The lowest BCUT2D eigenvalue weighted by Crippen LogP contribution is -2.29. The first-order chi connectivity index (χ1) is 9.39. The van der Waals surface area contributed by atoms with Gasteiger partial charge in [-0.05, 0) is 23.6 Å². The Morgan fingerprint density at radius 3 is 2.45 bits per heavy atom. The van der Waals surface area contributed by atoms with Crippen LogP contribution in [0.2, 0.25) is 0 Å². The highest BCUT2D eigenvalue weighted by Crippen LogP contribution is 2.11. The van der Waals surface area contributed by atoms with Crippen LogP contribution in [0.25, 0.3) is 0 Å². The van der Waals surface area contributed by atoms with Crippen LogP contribution in [0.3, 0.4) is 0 Å². The van der Waals surface area contributed by atoms with Crippen molar-refractivity contribution >= 4 is 16.0 Å². The maximum absolute atomic E-state index is 12.0. The van der Waals surface area contributed by atoms with Gasteiger partial charge in [0.1, 0.15) is 0 Å². The third-order valence-corrected chi connectivity index (χ3v) is 4.18. The Morgan fingerprint density at radius 1 is 1.35 bits per heavy atom. The largest absolute Gasteiger partial charge is 0.469 e. The maximum atomic E-state index is 12.0. The topological polar surface area (TPSA) is 92.7 Å². The van der Waals surface area contributed by atoms with E-state index in [9.17, 15) is 13.2 Å². The first-order valence-corrected chi connectivity index (χ1v) is 7.63. The zero-order valence-electron chi connectivity index (χ0n) is 11.5. The van der Waals surface area contributed by atoms with E-state index in [0.29, 0.717) is 5.56 Å². The Bertz CT molecular complexity index is 538. The lowest BCUT2D eigenvalue weighted by Gasteiger charge is -2.10. The molecule has 1 aromatic rings. The first kappa shape index (κ1) is 16.6. The summed E-state index contributed by atoms with van der Waals surface area (Å²) in [6.07, 6.45) is 0.103. The fraction of sp³-hybridized carbons (Fsp3) is 0.462. The van der Waals surface area contributed by atoms with Gasteiger partial charge < -0.3 is 9.84 Å². The van der Waals surface area contributed by atoms with Gasteiger partial charge in [0.05, 0.1) is 18.4 Å². The Kier molecular flexibility index (Phi) is 6.12. The van der Waals surface area contributed by atoms with Gasteiger partial charge in [-0.2, -0.15) is 0 Å². The second-order valence-corrected chi connectivity index (χ2v) is 6.30. The molecule has 0 spiro atoms. The van der Waals surface area contributed by atoms with Gasteiger partial charge in [0.15, 0.2) is 0 Å². The van der Waals surface area contributed by atoms with E-state index in [-0.39, 0.29) is 36.4 Å². The molecule has 0 saturated carbocycles. The second kappa shape index (κ2) is 7.37. The van der Waals surface area contributed by atoms with E-state index in [2.05, 4.69) is 9.46 Å². The molecule has 0 radical (unpaired) electrons. The maximum Gasteiger partial charge on any atom is 0.309 e. The quantitative estimate of drug-likeness (QED) is 0.707. The van der Waals surface area contributed by atoms with Crippen LogP contribution in [0, 0.1) is 5.92 Å². The summed E-state index contributed by atoms with van der Waals surface area (Å²) in [5.41, 5.74) is 0.680. The van der Waals surface area contributed by atoms with Crippen LogP contribution >= 0.6 is 0 Å². The standard InChI is InChI=1S/C13H19NO5S/c1-10(9-15)8-14-20(17,18)12-5-3-11(4-6-12)7-13(16)19-2/h3-6,10,14-15H,7-9H2,1-2H3. The summed E-state index contributed by atoms with van der Waals surface area (Å²) in [7, 11) is -2.29. The summed E-state index contributed by atoms with van der Waals surface area (Å²) in [6.45, 7) is 1.82. The van der Waals surface area contributed by atoms with Gasteiger partial charge in [-0.3, -0.25) is 4.79 Å². The van der Waals surface area contributed by atoms with Crippen molar-refractivity contribution < 1.29 is 23.1 Å². The Labute approximate surface area is 118 Å². The molecule has 1 unspecified atom stereocenters. The summed E-state index contributed by atoms with van der Waals surface area (Å²) in [6, 6.07) is 6.01. The number of carbonyl (C=O) groups is 1. The van der Waals surface area contributed by atoms with Gasteiger partial charge in [0.25, 0.3) is 0 Å². The molecule has 0 aliphatic carbocycles. The fourth-order valence-corrected chi connectivity index (χ4v) is 2.59. The second-order valence-electron chi connectivity index (χ2n) is 4.54. The Balaban J connectivity index is 2.74. The summed E-state index contributed by atoms with van der Waals surface area (Å²) in [5, 5.41) is 8.87. The summed E-state index contributed by atoms with van der Waals surface area (Å²) in [4.78, 5) is 11.2. The van der Waals surface area contributed by atoms with Crippen molar-refractivity contribution in [2.24, 2.45) is 5.92 Å². The molecule has 6 nitrogen and oxygen atoms in total. The Hall–Kier alpha value is -1.44. The van der Waals surface area contributed by atoms with Gasteiger partial charge in [-0.1, -0.05) is 19.1 Å². The zero-order chi connectivity index (χ0) is 15.2. The third kappa shape index (κ3) is 4.92. The van der Waals surface area contributed by atoms with E-state index in [1.165, 1.54) is 19.2 Å². The number of rotatable bonds is 7. The summed E-state index contributed by atoms with van der Waals surface area (Å²) >= 11 is 0. The molecule has 1 aromatic carbocycles. The number of benzene rings is 1. The molecule has 0 fully saturated rings. The molecular formula is C13H19NO5S. The molecule has 2 N–H and O–H groups in total. The SMILES string of the molecule is COC(=O)Cc1ccc(S(=O)(=O)NCC(C)CO)cc1. The van der Waals surface area contributed by atoms with Crippen molar-refractivity contribution in [1.29, 1.82) is 0 Å². The van der Waals surface area contributed by atoms with E-state index in [0.717, 1.165) is 0 Å². The van der Waals surface area contributed by atoms with Crippen LogP contribution < -0.4 is 4.72 Å². The molecule has 112 valence electrons. The smallest absolute Gasteiger partial charge is 0.309 e. The Morgan fingerprint density at radius 2 is 1.95 bits per heavy atom. The molecule has 1 atom stereocenters. The average Bonchev–Trinajstić information content (AvgIpc) is 2.45. The lowest BCUT2D eigenvalue weighted by atomic mass is 10.2. The van der Waals surface area contributed by atoms with E-state index >= 15 is 0 Å². The molecule has 0 aliphatic heterocycles. The van der Waals surface area contributed by atoms with Crippen LogP contribution in [0.5, 0.6) is 0 Å². The molecule has 0 bridgehead atoms. The number of aliphatic hydroxyl groups is 1. The number of hydrogen-bond donors (Lipinski definition) is 2. The van der Waals surface area contributed by atoms with E-state index < -0.39 is 10.0 Å². The molecule has 1 rings (SSSR count). The molecule has 0 aliphatic rings. The van der Waals surface area contributed by atoms with Crippen LogP contribution in [0.1, 0.15) is 12.5 Å². The predicted octanol–water partition coefficient (Wildman–Crippen LogP) is 0.309. The van der Waals surface area contributed by atoms with Gasteiger partial charge >= 0.3 is 5.97 Å². The number of esters is 1. The lowest BCUT2D eigenvalue weighted by molar-refractivity contribution is -0.139. The zero-order valence-corrected chi connectivity index (χ0v) is 12.3. The minimum Gasteiger partial charge on any atom is -0.469 e. The average molecular weight is 301 g/mol. The van der Waals surface area contributed by atoms with Gasteiger partial charge in [-0.25, -0.2) is 13.1 Å². The number of hydrogen-bond acceptors (Lipinski definition) is 5. The van der Waals surface area contributed by atoms with Crippen molar-refractivity contribution in [2.75, 3.05) is 20.3 Å². The molecule has 0 amide bonds. The highest BCUT2D eigenvalue weighted by molar-refractivity contribution is 7.89. The van der Waals surface area contributed by atoms with Crippen LogP contribution in [-0.4, -0.2) is 39.8 Å². The molecule has 0 aromatic heterocycles.